The summed E-state index contributed by atoms with van der Waals surface area (Å²) in [5.41, 5.74) is 6.65. The van der Waals surface area contributed by atoms with Crippen molar-refractivity contribution in [3.8, 4) is 0 Å². The molecule has 1 aromatic rings. The molecule has 0 fully saturated rings. The molecule has 16 heavy (non-hydrogen) atoms. The minimum Gasteiger partial charge on any atom is -0.398 e. The third-order valence-electron chi connectivity index (χ3n) is 1.97. The van der Waals surface area contributed by atoms with Gasteiger partial charge in [-0.3, -0.25) is 4.72 Å². The van der Waals surface area contributed by atoms with Gasteiger partial charge in [0.05, 0.1) is 0 Å². The molecule has 0 radical (unpaired) electrons. The number of nitrogens with one attached hydrogen (secondary N) is 1. The molecule has 0 aliphatic heterocycles. The number of rotatable bonds is 4. The smallest absolute Gasteiger partial charge is 0.0454 e. The van der Waals surface area contributed by atoms with Crippen LogP contribution in [0.1, 0.15) is 27.2 Å². The summed E-state index contributed by atoms with van der Waals surface area (Å²) in [6.45, 7) is 7.05. The van der Waals surface area contributed by atoms with Gasteiger partial charge in [-0.2, -0.15) is 0 Å². The van der Waals surface area contributed by atoms with E-state index in [9.17, 15) is 0 Å². The maximum atomic E-state index is 5.88. The van der Waals surface area contributed by atoms with Gasteiger partial charge in [-0.15, -0.1) is 9.39 Å². The number of hydrogen-bond donors (Lipinski definition) is 2. The van der Waals surface area contributed by atoms with Crippen molar-refractivity contribution in [1.29, 1.82) is 0 Å². The van der Waals surface area contributed by atoms with Crippen LogP contribution in [0.3, 0.4) is 0 Å². The zero-order chi connectivity index (χ0) is 12.6. The summed E-state index contributed by atoms with van der Waals surface area (Å²) in [6, 6.07) is 7.78. The van der Waals surface area contributed by atoms with E-state index in [1.165, 1.54) is 0 Å². The fraction of sp³-hybridized carbons (Fsp3) is 0.385. The molecule has 92 valence electrons. The lowest BCUT2D eigenvalue weighted by Crippen LogP contribution is -2.11. The van der Waals surface area contributed by atoms with E-state index in [1.807, 2.05) is 38.1 Å². The molecule has 0 atom stereocenters. The van der Waals surface area contributed by atoms with Crippen molar-refractivity contribution in [2.45, 2.75) is 32.1 Å². The second kappa shape index (κ2) is 7.36. The molecule has 3 N–H and O–H groups in total. The summed E-state index contributed by atoms with van der Waals surface area (Å²) < 4.78 is 3.35. The van der Waals surface area contributed by atoms with Gasteiger partial charge >= 0.3 is 0 Å². The third-order valence-corrected chi connectivity index (χ3v) is 3.94. The predicted octanol–water partition coefficient (Wildman–Crippen LogP) is 3.24. The summed E-state index contributed by atoms with van der Waals surface area (Å²) in [5, 5.41) is 0. The zero-order valence-electron chi connectivity index (χ0n) is 10.6. The molecule has 0 amide bonds. The SMILES string of the molecule is C=S(=C)(NCCC)c1ccccc1N.CC. The maximum absolute atomic E-state index is 5.88. The van der Waals surface area contributed by atoms with Gasteiger partial charge in [0, 0.05) is 17.1 Å². The number of anilines is 1. The van der Waals surface area contributed by atoms with E-state index in [4.69, 9.17) is 5.73 Å². The second-order valence-electron chi connectivity index (χ2n) is 3.32. The fourth-order valence-corrected chi connectivity index (χ4v) is 2.82. The number of nitrogen functional groups attached to an aromatic ring is 1. The molecule has 0 bridgehead atoms. The van der Waals surface area contributed by atoms with Gasteiger partial charge in [0.25, 0.3) is 0 Å². The Morgan fingerprint density at radius 1 is 1.25 bits per heavy atom. The Balaban J connectivity index is 0.00000106. The summed E-state index contributed by atoms with van der Waals surface area (Å²) >= 11 is 0. The molecule has 0 spiro atoms. The van der Waals surface area contributed by atoms with Gasteiger partial charge in [0.1, 0.15) is 0 Å². The van der Waals surface area contributed by atoms with Crippen LogP contribution in [-0.4, -0.2) is 18.3 Å². The van der Waals surface area contributed by atoms with Gasteiger partial charge in [-0.05, 0) is 18.6 Å². The van der Waals surface area contributed by atoms with Crippen molar-refractivity contribution >= 4 is 26.8 Å². The van der Waals surface area contributed by atoms with Crippen molar-refractivity contribution in [3.63, 3.8) is 0 Å². The lowest BCUT2D eigenvalue weighted by molar-refractivity contribution is 0.875. The topological polar surface area (TPSA) is 38.0 Å². The van der Waals surface area contributed by atoms with Gasteiger partial charge in [0.15, 0.2) is 0 Å². The monoisotopic (exact) mass is 240 g/mol. The zero-order valence-corrected chi connectivity index (χ0v) is 11.4. The van der Waals surface area contributed by atoms with E-state index < -0.39 is 9.39 Å². The highest BCUT2D eigenvalue weighted by molar-refractivity contribution is 8.26. The molecule has 2 nitrogen and oxygen atoms in total. The van der Waals surface area contributed by atoms with Crippen molar-refractivity contribution < 1.29 is 0 Å². The predicted molar refractivity (Wildman–Crippen MR) is 80.6 cm³/mol. The lowest BCUT2D eigenvalue weighted by atomic mass is 10.3. The Labute approximate surface area is 100 Å². The molecule has 0 saturated carbocycles. The maximum Gasteiger partial charge on any atom is 0.0454 e. The van der Waals surface area contributed by atoms with Crippen LogP contribution in [0.5, 0.6) is 0 Å². The third kappa shape index (κ3) is 4.29. The van der Waals surface area contributed by atoms with Crippen LogP contribution in [0.15, 0.2) is 29.2 Å². The first-order chi connectivity index (χ1) is 7.58. The van der Waals surface area contributed by atoms with E-state index >= 15 is 0 Å². The van der Waals surface area contributed by atoms with Gasteiger partial charge < -0.3 is 5.73 Å². The van der Waals surface area contributed by atoms with Gasteiger partial charge in [-0.1, -0.05) is 44.6 Å². The summed E-state index contributed by atoms with van der Waals surface area (Å²) in [7, 11) is -1.43. The van der Waals surface area contributed by atoms with Gasteiger partial charge in [0.2, 0.25) is 0 Å². The quantitative estimate of drug-likeness (QED) is 0.626. The van der Waals surface area contributed by atoms with Crippen LogP contribution < -0.4 is 10.5 Å². The molecule has 1 rings (SSSR count). The Hall–Kier alpha value is -0.930. The normalized spacial score (nSPS) is 10.4. The molecule has 3 heteroatoms. The molecule has 0 unspecified atom stereocenters. The number of hydrogen-bond acceptors (Lipinski definition) is 2. The Bertz CT molecular complexity index is 394. The Kier molecular flexibility index (Phi) is 6.93. The number of nitrogens with two attached hydrogens (primary N) is 1. The van der Waals surface area contributed by atoms with Gasteiger partial charge in [-0.25, -0.2) is 0 Å². The molecule has 0 saturated heterocycles. The van der Waals surface area contributed by atoms with Crippen LogP contribution in [-0.2, 0) is 0 Å². The second-order valence-corrected chi connectivity index (χ2v) is 5.81. The number of para-hydroxylation sites is 1. The molecular weight excluding hydrogens is 216 g/mol. The average molecular weight is 240 g/mol. The van der Waals surface area contributed by atoms with E-state index in [0.717, 1.165) is 23.5 Å². The fourth-order valence-electron chi connectivity index (χ4n) is 1.21. The molecule has 0 aliphatic rings. The van der Waals surface area contributed by atoms with Crippen molar-refractivity contribution in [2.24, 2.45) is 0 Å². The Morgan fingerprint density at radius 2 is 1.81 bits per heavy atom. The summed E-state index contributed by atoms with van der Waals surface area (Å²) in [5.74, 6) is 8.24. The first kappa shape index (κ1) is 15.1. The van der Waals surface area contributed by atoms with Crippen molar-refractivity contribution in [1.82, 2.24) is 4.72 Å². The van der Waals surface area contributed by atoms with Crippen LogP contribution >= 0.6 is 9.39 Å². The first-order valence-electron chi connectivity index (χ1n) is 5.66. The molecule has 1 aromatic carbocycles. The van der Waals surface area contributed by atoms with Crippen LogP contribution in [0, 0.1) is 0 Å². The first-order valence-corrected chi connectivity index (χ1v) is 7.63. The molecule has 0 aliphatic carbocycles. The highest BCUT2D eigenvalue weighted by atomic mass is 32.2. The Morgan fingerprint density at radius 3 is 2.31 bits per heavy atom. The molecule has 0 aromatic heterocycles. The lowest BCUT2D eigenvalue weighted by Gasteiger charge is -2.18. The standard InChI is InChI=1S/C11H18N2S.C2H6/c1-4-9-13-14(2,3)11-8-6-5-7-10(11)12;1-2/h5-8,13H,2-4,9,12H2,1H3;1-2H3. The summed E-state index contributed by atoms with van der Waals surface area (Å²) in [4.78, 5) is 1.04. The highest BCUT2D eigenvalue weighted by Crippen LogP contribution is 2.32. The average Bonchev–Trinajstić information content (AvgIpc) is 2.29. The van der Waals surface area contributed by atoms with Crippen LogP contribution in [0.25, 0.3) is 0 Å². The van der Waals surface area contributed by atoms with E-state index in [1.54, 1.807) is 0 Å². The minimum absolute atomic E-state index is 0.774. The largest absolute Gasteiger partial charge is 0.398 e. The van der Waals surface area contributed by atoms with Crippen molar-refractivity contribution in [3.05, 3.63) is 24.3 Å². The van der Waals surface area contributed by atoms with Crippen molar-refractivity contribution in [2.75, 3.05) is 12.3 Å². The van der Waals surface area contributed by atoms with E-state index in [0.29, 0.717) is 0 Å². The minimum atomic E-state index is -1.43. The molecular formula is C13H24N2S. The van der Waals surface area contributed by atoms with E-state index in [2.05, 4.69) is 23.4 Å². The number of benzene rings is 1. The molecule has 0 heterocycles. The summed E-state index contributed by atoms with van der Waals surface area (Å²) in [6.07, 6.45) is 1.08. The highest BCUT2D eigenvalue weighted by Gasteiger charge is 2.03. The van der Waals surface area contributed by atoms with E-state index in [-0.39, 0.29) is 0 Å². The van der Waals surface area contributed by atoms with Crippen LogP contribution in [0.4, 0.5) is 5.69 Å². The van der Waals surface area contributed by atoms with Crippen LogP contribution in [0.2, 0.25) is 0 Å².